The fourth-order valence-electron chi connectivity index (χ4n) is 2.17. The molecule has 0 aliphatic carbocycles. The van der Waals surface area contributed by atoms with E-state index in [-0.39, 0.29) is 17.1 Å². The molecule has 0 N–H and O–H groups in total. The van der Waals surface area contributed by atoms with Gasteiger partial charge in [0.25, 0.3) is 0 Å². The van der Waals surface area contributed by atoms with Crippen molar-refractivity contribution in [2.45, 2.75) is 71.2 Å². The number of carbonyl (C=O) groups excluding carboxylic acids is 1. The van der Waals surface area contributed by atoms with Gasteiger partial charge in [-0.3, -0.25) is 4.79 Å². The van der Waals surface area contributed by atoms with E-state index in [1.165, 1.54) is 5.56 Å². The van der Waals surface area contributed by atoms with Crippen molar-refractivity contribution in [3.05, 3.63) is 35.9 Å². The second kappa shape index (κ2) is 8.64. The lowest BCUT2D eigenvalue weighted by atomic mass is 10.1. The number of ether oxygens (including phenoxy) is 1. The average Bonchev–Trinajstić information content (AvgIpc) is 2.44. The Morgan fingerprint density at radius 2 is 1.78 bits per heavy atom. The number of carbonyl (C=O) groups is 1. The van der Waals surface area contributed by atoms with Gasteiger partial charge < -0.3 is 9.16 Å². The van der Waals surface area contributed by atoms with Gasteiger partial charge in [0.2, 0.25) is 0 Å². The first-order valence-electron chi connectivity index (χ1n) is 8.53. The molecule has 0 saturated carbocycles. The molecule has 3 nitrogen and oxygen atoms in total. The van der Waals surface area contributed by atoms with E-state index >= 15 is 0 Å². The molecule has 1 aromatic rings. The Morgan fingerprint density at radius 1 is 1.17 bits per heavy atom. The minimum Gasteiger partial charge on any atom is -0.466 e. The molecule has 0 bridgehead atoms. The van der Waals surface area contributed by atoms with E-state index in [9.17, 15) is 4.79 Å². The highest BCUT2D eigenvalue weighted by Gasteiger charge is 2.39. The number of hydrogen-bond acceptors (Lipinski definition) is 3. The summed E-state index contributed by atoms with van der Waals surface area (Å²) < 4.78 is 11.6. The van der Waals surface area contributed by atoms with Crippen LogP contribution in [-0.4, -0.2) is 27.0 Å². The van der Waals surface area contributed by atoms with Gasteiger partial charge in [-0.05, 0) is 43.5 Å². The van der Waals surface area contributed by atoms with Crippen molar-refractivity contribution in [1.29, 1.82) is 0 Å². The fraction of sp³-hybridized carbons (Fsp3) is 0.632. The topological polar surface area (TPSA) is 35.5 Å². The Balaban J connectivity index is 2.74. The largest absolute Gasteiger partial charge is 0.466 e. The zero-order valence-corrected chi connectivity index (χ0v) is 16.5. The fourth-order valence-corrected chi connectivity index (χ4v) is 3.56. The standard InChI is InChI=1S/C19H32O3Si/c1-7-21-18(20)15-17(22-23(5,6)19(2,3)4)14-13-16-11-9-8-10-12-16/h8-12,17H,7,13-15H2,1-6H3. The van der Waals surface area contributed by atoms with E-state index in [0.29, 0.717) is 13.0 Å². The van der Waals surface area contributed by atoms with Crippen molar-refractivity contribution in [2.75, 3.05) is 6.61 Å². The Bertz CT molecular complexity index is 477. The van der Waals surface area contributed by atoms with E-state index in [0.717, 1.165) is 12.8 Å². The summed E-state index contributed by atoms with van der Waals surface area (Å²) in [6, 6.07) is 10.3. The van der Waals surface area contributed by atoms with Crippen molar-refractivity contribution in [1.82, 2.24) is 0 Å². The highest BCUT2D eigenvalue weighted by atomic mass is 28.4. The van der Waals surface area contributed by atoms with Gasteiger partial charge in [-0.25, -0.2) is 0 Å². The molecule has 1 aromatic carbocycles. The van der Waals surface area contributed by atoms with Gasteiger partial charge in [0.15, 0.2) is 8.32 Å². The number of benzene rings is 1. The minimum absolute atomic E-state index is 0.0739. The number of esters is 1. The average molecular weight is 337 g/mol. The second-order valence-corrected chi connectivity index (χ2v) is 12.3. The first-order chi connectivity index (χ1) is 10.7. The zero-order valence-electron chi connectivity index (χ0n) is 15.5. The smallest absolute Gasteiger partial charge is 0.308 e. The van der Waals surface area contributed by atoms with Crippen molar-refractivity contribution in [2.24, 2.45) is 0 Å². The summed E-state index contributed by atoms with van der Waals surface area (Å²) in [4.78, 5) is 11.9. The molecular formula is C19H32O3Si. The molecule has 1 rings (SSSR count). The van der Waals surface area contributed by atoms with E-state index in [4.69, 9.17) is 9.16 Å². The minimum atomic E-state index is -1.90. The molecule has 4 heteroatoms. The molecule has 23 heavy (non-hydrogen) atoms. The molecule has 0 heterocycles. The number of hydrogen-bond donors (Lipinski definition) is 0. The van der Waals surface area contributed by atoms with Gasteiger partial charge >= 0.3 is 5.97 Å². The summed E-state index contributed by atoms with van der Waals surface area (Å²) in [5.41, 5.74) is 1.28. The van der Waals surface area contributed by atoms with Crippen LogP contribution in [0.3, 0.4) is 0 Å². The van der Waals surface area contributed by atoms with Crippen LogP contribution in [0.2, 0.25) is 18.1 Å². The van der Waals surface area contributed by atoms with Crippen LogP contribution in [0.25, 0.3) is 0 Å². The molecule has 0 amide bonds. The number of rotatable bonds is 8. The summed E-state index contributed by atoms with van der Waals surface area (Å²) in [6.45, 7) is 13.4. The molecule has 130 valence electrons. The van der Waals surface area contributed by atoms with Crippen LogP contribution in [0.4, 0.5) is 0 Å². The SMILES string of the molecule is CCOC(=O)CC(CCc1ccccc1)O[Si](C)(C)C(C)(C)C. The van der Waals surface area contributed by atoms with E-state index in [1.54, 1.807) is 0 Å². The summed E-state index contributed by atoms with van der Waals surface area (Å²) in [5.74, 6) is -0.163. The van der Waals surface area contributed by atoms with Gasteiger partial charge in [-0.15, -0.1) is 0 Å². The molecule has 0 spiro atoms. The van der Waals surface area contributed by atoms with Crippen molar-refractivity contribution in [3.8, 4) is 0 Å². The lowest BCUT2D eigenvalue weighted by molar-refractivity contribution is -0.145. The van der Waals surface area contributed by atoms with Crippen LogP contribution in [0, 0.1) is 0 Å². The maximum absolute atomic E-state index is 11.9. The highest BCUT2D eigenvalue weighted by molar-refractivity contribution is 6.74. The van der Waals surface area contributed by atoms with Crippen LogP contribution in [-0.2, 0) is 20.4 Å². The quantitative estimate of drug-likeness (QED) is 0.497. The Labute approximate surface area is 142 Å². The van der Waals surface area contributed by atoms with Crippen LogP contribution in [0.1, 0.15) is 46.1 Å². The normalized spacial score (nSPS) is 13.7. The molecule has 0 aromatic heterocycles. The number of aryl methyl sites for hydroxylation is 1. The van der Waals surface area contributed by atoms with E-state index in [2.05, 4.69) is 46.0 Å². The van der Waals surface area contributed by atoms with Gasteiger partial charge in [-0.2, -0.15) is 0 Å². The predicted molar refractivity (Wildman–Crippen MR) is 98.1 cm³/mol. The van der Waals surface area contributed by atoms with Crippen LogP contribution in [0.15, 0.2) is 30.3 Å². The Kier molecular flexibility index (Phi) is 7.48. The van der Waals surface area contributed by atoms with Crippen LogP contribution < -0.4 is 0 Å². The van der Waals surface area contributed by atoms with E-state index < -0.39 is 8.32 Å². The van der Waals surface area contributed by atoms with Crippen molar-refractivity contribution in [3.63, 3.8) is 0 Å². The molecule has 0 aliphatic rings. The third-order valence-corrected chi connectivity index (χ3v) is 9.10. The molecule has 0 fully saturated rings. The lowest BCUT2D eigenvalue weighted by Gasteiger charge is -2.39. The van der Waals surface area contributed by atoms with E-state index in [1.807, 2.05) is 25.1 Å². The predicted octanol–water partition coefficient (Wildman–Crippen LogP) is 4.96. The molecule has 0 saturated heterocycles. The molecule has 1 atom stereocenters. The summed E-state index contributed by atoms with van der Waals surface area (Å²) in [7, 11) is -1.90. The first-order valence-corrected chi connectivity index (χ1v) is 11.4. The Hall–Kier alpha value is -1.13. The van der Waals surface area contributed by atoms with Gasteiger partial charge in [0.1, 0.15) is 0 Å². The van der Waals surface area contributed by atoms with Gasteiger partial charge in [0.05, 0.1) is 19.1 Å². The lowest BCUT2D eigenvalue weighted by Crippen LogP contribution is -2.44. The maximum Gasteiger partial charge on any atom is 0.308 e. The van der Waals surface area contributed by atoms with Gasteiger partial charge in [0, 0.05) is 0 Å². The summed E-state index contributed by atoms with van der Waals surface area (Å²) >= 11 is 0. The van der Waals surface area contributed by atoms with Crippen molar-refractivity contribution < 1.29 is 14.0 Å². The molecule has 1 unspecified atom stereocenters. The van der Waals surface area contributed by atoms with Crippen LogP contribution >= 0.6 is 0 Å². The first kappa shape index (κ1) is 19.9. The highest BCUT2D eigenvalue weighted by Crippen LogP contribution is 2.38. The van der Waals surface area contributed by atoms with Crippen LogP contribution in [0.5, 0.6) is 0 Å². The monoisotopic (exact) mass is 336 g/mol. The zero-order chi connectivity index (χ0) is 17.5. The molecular weight excluding hydrogens is 304 g/mol. The third-order valence-electron chi connectivity index (χ3n) is 4.56. The summed E-state index contributed by atoms with van der Waals surface area (Å²) in [5, 5.41) is 0.132. The molecule has 0 aliphatic heterocycles. The Morgan fingerprint density at radius 3 is 2.30 bits per heavy atom. The van der Waals surface area contributed by atoms with Crippen molar-refractivity contribution >= 4 is 14.3 Å². The third kappa shape index (κ3) is 6.88. The van der Waals surface area contributed by atoms with Gasteiger partial charge in [-0.1, -0.05) is 51.1 Å². The molecule has 0 radical (unpaired) electrons. The summed E-state index contributed by atoms with van der Waals surface area (Å²) in [6.07, 6.45) is 2.03. The second-order valence-electron chi connectivity index (χ2n) is 7.53. The maximum atomic E-state index is 11.9.